The number of rotatable bonds is 4. The van der Waals surface area contributed by atoms with E-state index in [1.54, 1.807) is 6.20 Å². The van der Waals surface area contributed by atoms with Crippen LogP contribution in [0.5, 0.6) is 0 Å². The second-order valence-electron chi connectivity index (χ2n) is 7.17. The van der Waals surface area contributed by atoms with Gasteiger partial charge in [-0.2, -0.15) is 10.2 Å². The van der Waals surface area contributed by atoms with Crippen molar-refractivity contribution in [3.63, 3.8) is 0 Å². The number of aryl methyl sites for hydroxylation is 1. The smallest absolute Gasteiger partial charge is 0.423 e. The third-order valence-electron chi connectivity index (χ3n) is 5.20. The molecule has 2 aliphatic heterocycles. The summed E-state index contributed by atoms with van der Waals surface area (Å²) in [6.45, 7) is 4.92. The second kappa shape index (κ2) is 7.76. The molecule has 1 saturated heterocycles. The molecule has 3 N–H and O–H groups in total. The molecule has 2 aliphatic rings. The molecule has 0 aliphatic carbocycles. The molecule has 3 atom stereocenters. The van der Waals surface area contributed by atoms with Gasteiger partial charge >= 0.3 is 7.12 Å². The van der Waals surface area contributed by atoms with E-state index in [2.05, 4.69) is 26.7 Å². The maximum atomic E-state index is 9.89. The standard InChI is InChI=1S/C19H22BN5O3/c1-11-9-22-19(25-18(11)24-17-10-27-6-5-13(17)8-21)23-14-3-4-16-15(7-14)12(2)28-20(16)26/h3-4,7,9,12-13,17,26H,5-6,10H2,1-2H3,(H2,22,23,24,25)/t12?,13-,17+/m0/s1. The van der Waals surface area contributed by atoms with Crippen LogP contribution in [0.4, 0.5) is 17.5 Å². The molecule has 0 spiro atoms. The van der Waals surface area contributed by atoms with Crippen molar-refractivity contribution in [2.45, 2.75) is 32.4 Å². The Morgan fingerprint density at radius 1 is 1.39 bits per heavy atom. The molecule has 1 aromatic heterocycles. The Hall–Kier alpha value is -2.67. The summed E-state index contributed by atoms with van der Waals surface area (Å²) in [5.74, 6) is 1.02. The Morgan fingerprint density at radius 3 is 3.07 bits per heavy atom. The number of fused-ring (bicyclic) bond motifs is 1. The Bertz CT molecular complexity index is 919. The number of nitrogens with one attached hydrogen (secondary N) is 2. The fourth-order valence-electron chi connectivity index (χ4n) is 3.56. The molecule has 1 aromatic carbocycles. The topological polar surface area (TPSA) is 112 Å². The molecule has 1 unspecified atom stereocenters. The molecule has 0 radical (unpaired) electrons. The molecule has 8 nitrogen and oxygen atoms in total. The molecule has 4 rings (SSSR count). The average molecular weight is 379 g/mol. The maximum Gasteiger partial charge on any atom is 0.491 e. The summed E-state index contributed by atoms with van der Waals surface area (Å²) >= 11 is 0. The number of hydrogen-bond acceptors (Lipinski definition) is 8. The van der Waals surface area contributed by atoms with E-state index in [0.717, 1.165) is 22.3 Å². The van der Waals surface area contributed by atoms with Crippen LogP contribution in [-0.4, -0.2) is 41.4 Å². The van der Waals surface area contributed by atoms with Crippen LogP contribution >= 0.6 is 0 Å². The van der Waals surface area contributed by atoms with E-state index in [-0.39, 0.29) is 18.1 Å². The number of nitriles is 1. The molecule has 0 amide bonds. The van der Waals surface area contributed by atoms with Crippen LogP contribution in [0, 0.1) is 24.2 Å². The highest BCUT2D eigenvalue weighted by atomic mass is 16.5. The fourth-order valence-corrected chi connectivity index (χ4v) is 3.56. The highest BCUT2D eigenvalue weighted by Crippen LogP contribution is 2.27. The number of benzene rings is 1. The first kappa shape index (κ1) is 18.7. The lowest BCUT2D eigenvalue weighted by Crippen LogP contribution is -2.38. The molecule has 0 saturated carbocycles. The number of aromatic nitrogens is 2. The summed E-state index contributed by atoms with van der Waals surface area (Å²) in [5, 5.41) is 25.8. The highest BCUT2D eigenvalue weighted by Gasteiger charge is 2.32. The minimum absolute atomic E-state index is 0.0975. The minimum atomic E-state index is -0.878. The first-order chi connectivity index (χ1) is 13.5. The van der Waals surface area contributed by atoms with Crippen LogP contribution in [0.25, 0.3) is 0 Å². The molecule has 0 bridgehead atoms. The molecule has 1 fully saturated rings. The Balaban J connectivity index is 1.53. The van der Waals surface area contributed by atoms with Gasteiger partial charge in [-0.3, -0.25) is 0 Å². The van der Waals surface area contributed by atoms with Crippen molar-refractivity contribution in [1.29, 1.82) is 5.26 Å². The van der Waals surface area contributed by atoms with E-state index >= 15 is 0 Å². The van der Waals surface area contributed by atoms with Crippen molar-refractivity contribution in [3.05, 3.63) is 35.5 Å². The number of ether oxygens (including phenoxy) is 1. The number of hydrogen-bond donors (Lipinski definition) is 3. The zero-order valence-electron chi connectivity index (χ0n) is 15.8. The summed E-state index contributed by atoms with van der Waals surface area (Å²) in [5.41, 5.74) is 3.44. The monoisotopic (exact) mass is 379 g/mol. The molecule has 9 heteroatoms. The third-order valence-corrected chi connectivity index (χ3v) is 5.20. The van der Waals surface area contributed by atoms with Gasteiger partial charge in [0.05, 0.1) is 30.7 Å². The van der Waals surface area contributed by atoms with E-state index in [4.69, 9.17) is 9.39 Å². The van der Waals surface area contributed by atoms with Crippen LogP contribution in [0.2, 0.25) is 0 Å². The van der Waals surface area contributed by atoms with Crippen molar-refractivity contribution < 1.29 is 14.4 Å². The summed E-state index contributed by atoms with van der Waals surface area (Å²) < 4.78 is 10.9. The molecule has 3 heterocycles. The van der Waals surface area contributed by atoms with Crippen LogP contribution in [0.3, 0.4) is 0 Å². The molecule has 144 valence electrons. The van der Waals surface area contributed by atoms with Crippen LogP contribution < -0.4 is 16.1 Å². The van der Waals surface area contributed by atoms with Crippen molar-refractivity contribution in [2.75, 3.05) is 23.8 Å². The van der Waals surface area contributed by atoms with Gasteiger partial charge in [-0.1, -0.05) is 6.07 Å². The quantitative estimate of drug-likeness (QED) is 0.688. The Morgan fingerprint density at radius 2 is 2.25 bits per heavy atom. The molecular formula is C19H22BN5O3. The van der Waals surface area contributed by atoms with Gasteiger partial charge < -0.3 is 25.0 Å². The van der Waals surface area contributed by atoms with Gasteiger partial charge in [-0.15, -0.1) is 0 Å². The van der Waals surface area contributed by atoms with E-state index < -0.39 is 7.12 Å². The lowest BCUT2D eigenvalue weighted by Gasteiger charge is -2.28. The van der Waals surface area contributed by atoms with E-state index in [1.165, 1.54) is 0 Å². The summed E-state index contributed by atoms with van der Waals surface area (Å²) in [4.78, 5) is 8.93. The van der Waals surface area contributed by atoms with Crippen LogP contribution in [-0.2, 0) is 9.39 Å². The first-order valence-electron chi connectivity index (χ1n) is 9.37. The van der Waals surface area contributed by atoms with Crippen molar-refractivity contribution in [2.24, 2.45) is 5.92 Å². The largest absolute Gasteiger partial charge is 0.491 e. The van der Waals surface area contributed by atoms with Crippen LogP contribution in [0.1, 0.15) is 30.6 Å². The van der Waals surface area contributed by atoms with Gasteiger partial charge in [0, 0.05) is 24.1 Å². The van der Waals surface area contributed by atoms with Crippen molar-refractivity contribution >= 4 is 30.0 Å². The zero-order valence-corrected chi connectivity index (χ0v) is 15.8. The molecule has 2 aromatic rings. The van der Waals surface area contributed by atoms with Gasteiger partial charge in [0.2, 0.25) is 5.95 Å². The Kier molecular flexibility index (Phi) is 5.18. The molecule has 28 heavy (non-hydrogen) atoms. The molecular weight excluding hydrogens is 357 g/mol. The zero-order chi connectivity index (χ0) is 19.7. The van der Waals surface area contributed by atoms with Gasteiger partial charge in [-0.25, -0.2) is 4.98 Å². The lowest BCUT2D eigenvalue weighted by atomic mass is 9.79. The van der Waals surface area contributed by atoms with Gasteiger partial charge in [-0.05, 0) is 43.4 Å². The van der Waals surface area contributed by atoms with Crippen LogP contribution in [0.15, 0.2) is 24.4 Å². The van der Waals surface area contributed by atoms with E-state index in [0.29, 0.717) is 31.4 Å². The Labute approximate surface area is 164 Å². The highest BCUT2D eigenvalue weighted by molar-refractivity contribution is 6.61. The summed E-state index contributed by atoms with van der Waals surface area (Å²) in [7, 11) is -0.878. The van der Waals surface area contributed by atoms with Gasteiger partial charge in [0.15, 0.2) is 0 Å². The normalized spacial score (nSPS) is 23.8. The number of nitrogens with zero attached hydrogens (tertiary/aromatic N) is 3. The van der Waals surface area contributed by atoms with E-state index in [1.807, 2.05) is 32.0 Å². The second-order valence-corrected chi connectivity index (χ2v) is 7.17. The minimum Gasteiger partial charge on any atom is -0.423 e. The van der Waals surface area contributed by atoms with E-state index in [9.17, 15) is 10.3 Å². The summed E-state index contributed by atoms with van der Waals surface area (Å²) in [6, 6.07) is 7.89. The summed E-state index contributed by atoms with van der Waals surface area (Å²) in [6.07, 6.45) is 2.29. The van der Waals surface area contributed by atoms with Gasteiger partial charge in [0.1, 0.15) is 5.82 Å². The van der Waals surface area contributed by atoms with Crippen molar-refractivity contribution in [1.82, 2.24) is 9.97 Å². The first-order valence-corrected chi connectivity index (χ1v) is 9.37. The average Bonchev–Trinajstić information content (AvgIpc) is 2.98. The lowest BCUT2D eigenvalue weighted by molar-refractivity contribution is 0.0698. The number of anilines is 3. The van der Waals surface area contributed by atoms with Gasteiger partial charge in [0.25, 0.3) is 0 Å². The fraction of sp³-hybridized carbons (Fsp3) is 0.421. The predicted molar refractivity (Wildman–Crippen MR) is 106 cm³/mol. The third kappa shape index (κ3) is 3.67. The SMILES string of the molecule is Cc1cnc(Nc2ccc3c(c2)C(C)OB3O)nc1N[C@@H]1COCC[C@H]1C#N. The predicted octanol–water partition coefficient (Wildman–Crippen LogP) is 1.65. The van der Waals surface area contributed by atoms with Crippen molar-refractivity contribution in [3.8, 4) is 6.07 Å². The maximum absolute atomic E-state index is 9.89.